The number of alkyl halides is 1. The number of carbonyl (C=O) groups is 1. The maximum atomic E-state index is 14.8. The Morgan fingerprint density at radius 1 is 1.33 bits per heavy atom. The van der Waals surface area contributed by atoms with E-state index in [1.54, 1.807) is 28.8 Å². The van der Waals surface area contributed by atoms with Crippen molar-refractivity contribution in [2.75, 3.05) is 32.6 Å². The van der Waals surface area contributed by atoms with Crippen LogP contribution >= 0.6 is 0 Å². The summed E-state index contributed by atoms with van der Waals surface area (Å²) >= 11 is 0. The van der Waals surface area contributed by atoms with E-state index in [2.05, 4.69) is 27.4 Å². The minimum atomic E-state index is -1.07. The van der Waals surface area contributed by atoms with Gasteiger partial charge in [0.1, 0.15) is 18.1 Å². The van der Waals surface area contributed by atoms with Crippen molar-refractivity contribution in [2.24, 2.45) is 0 Å². The highest BCUT2D eigenvalue weighted by molar-refractivity contribution is 5.96. The predicted molar refractivity (Wildman–Crippen MR) is 145 cm³/mol. The minimum Gasteiger partial charge on any atom is -0.497 e. The third kappa shape index (κ3) is 5.50. The molecule has 1 aliphatic heterocycles. The van der Waals surface area contributed by atoms with Crippen LogP contribution in [0, 0.1) is 0 Å². The zero-order valence-corrected chi connectivity index (χ0v) is 21.8. The molecular formula is C28H31FN6O4. The quantitative estimate of drug-likeness (QED) is 0.278. The Bertz CT molecular complexity index is 1480. The Kier molecular flexibility index (Phi) is 7.62. The molecule has 11 heteroatoms. The van der Waals surface area contributed by atoms with E-state index in [0.29, 0.717) is 35.5 Å². The van der Waals surface area contributed by atoms with Crippen LogP contribution in [0.3, 0.4) is 0 Å². The van der Waals surface area contributed by atoms with E-state index in [1.807, 2.05) is 36.2 Å². The van der Waals surface area contributed by atoms with Crippen molar-refractivity contribution in [3.05, 3.63) is 72.6 Å². The first-order chi connectivity index (χ1) is 18.9. The number of fused-ring (bicyclic) bond motifs is 1. The summed E-state index contributed by atoms with van der Waals surface area (Å²) in [6, 6.07) is 13.9. The number of benzene rings is 2. The number of halogens is 1. The molecule has 0 saturated carbocycles. The van der Waals surface area contributed by atoms with Crippen LogP contribution in [0.25, 0.3) is 22.4 Å². The van der Waals surface area contributed by atoms with Gasteiger partial charge >= 0.3 is 0 Å². The number of aliphatic hydroxyl groups is 1. The van der Waals surface area contributed by atoms with Crippen LogP contribution in [0.1, 0.15) is 28.9 Å². The van der Waals surface area contributed by atoms with Crippen LogP contribution in [0.2, 0.25) is 0 Å². The molecule has 5 rings (SSSR count). The number of aliphatic hydroxyl groups excluding tert-OH is 1. The monoisotopic (exact) mass is 534 g/mol. The van der Waals surface area contributed by atoms with Gasteiger partial charge in [-0.15, -0.1) is 0 Å². The van der Waals surface area contributed by atoms with Crippen LogP contribution in [0.4, 0.5) is 10.1 Å². The maximum absolute atomic E-state index is 14.8. The third-order valence-corrected chi connectivity index (χ3v) is 6.87. The summed E-state index contributed by atoms with van der Waals surface area (Å²) in [6.45, 7) is 4.90. The first-order valence-electron chi connectivity index (χ1n) is 12.7. The molecule has 0 radical (unpaired) electrons. The number of amides is 1. The summed E-state index contributed by atoms with van der Waals surface area (Å²) in [5.74, 6) is 0.672. The largest absolute Gasteiger partial charge is 0.497 e. The van der Waals surface area contributed by atoms with Crippen molar-refractivity contribution in [3.63, 3.8) is 0 Å². The number of ether oxygens (including phenoxy) is 1. The van der Waals surface area contributed by atoms with Crippen LogP contribution in [0.5, 0.6) is 5.75 Å². The molecule has 3 heterocycles. The number of piperidine rings is 1. The van der Waals surface area contributed by atoms with Gasteiger partial charge in [0.25, 0.3) is 5.91 Å². The fourth-order valence-corrected chi connectivity index (χ4v) is 4.81. The van der Waals surface area contributed by atoms with Gasteiger partial charge in [-0.3, -0.25) is 4.79 Å². The molecule has 2 aromatic heterocycles. The number of hydrogen-bond donors (Lipinski definition) is 3. The molecule has 1 amide bonds. The molecule has 4 aromatic rings. The lowest BCUT2D eigenvalue weighted by molar-refractivity contribution is 0.0946. The number of nitrogens with one attached hydrogen (secondary N) is 2. The fourth-order valence-electron chi connectivity index (χ4n) is 4.81. The zero-order chi connectivity index (χ0) is 27.5. The highest BCUT2D eigenvalue weighted by atomic mass is 19.1. The molecule has 2 aromatic carbocycles. The summed E-state index contributed by atoms with van der Waals surface area (Å²) in [5.41, 5.74) is 2.36. The summed E-state index contributed by atoms with van der Waals surface area (Å²) in [4.78, 5) is 19.0. The number of rotatable bonds is 9. The van der Waals surface area contributed by atoms with Crippen molar-refractivity contribution < 1.29 is 23.6 Å². The zero-order valence-electron chi connectivity index (χ0n) is 21.8. The number of aromatic nitrogens is 3. The van der Waals surface area contributed by atoms with Gasteiger partial charge in [0.15, 0.2) is 0 Å². The predicted octanol–water partition coefficient (Wildman–Crippen LogP) is 3.76. The Labute approximate surface area is 225 Å². The van der Waals surface area contributed by atoms with E-state index < -0.39 is 12.4 Å². The lowest BCUT2D eigenvalue weighted by Gasteiger charge is -2.33. The van der Waals surface area contributed by atoms with Crippen molar-refractivity contribution in [1.82, 2.24) is 24.9 Å². The van der Waals surface area contributed by atoms with Crippen molar-refractivity contribution in [3.8, 4) is 17.3 Å². The Hall–Kier alpha value is -4.22. The molecule has 3 atom stereocenters. The molecule has 39 heavy (non-hydrogen) atoms. The van der Waals surface area contributed by atoms with Gasteiger partial charge in [-0.2, -0.15) is 4.98 Å². The first-order valence-corrected chi connectivity index (χ1v) is 12.7. The van der Waals surface area contributed by atoms with E-state index in [0.717, 1.165) is 17.6 Å². The molecule has 3 N–H and O–H groups in total. The van der Waals surface area contributed by atoms with Gasteiger partial charge in [0.05, 0.1) is 30.9 Å². The van der Waals surface area contributed by atoms with E-state index in [-0.39, 0.29) is 30.2 Å². The molecule has 204 valence electrons. The summed E-state index contributed by atoms with van der Waals surface area (Å²) in [6.07, 6.45) is -0.00879. The van der Waals surface area contributed by atoms with Gasteiger partial charge in [-0.05, 0) is 55.9 Å². The second-order valence-electron chi connectivity index (χ2n) is 9.53. The SMILES string of the molecule is C=CC(O)n1c(-c2noc(CNC(=O)c3cccc(OC)c3)n2)cc2c(NC3CCN(C)CC3F)cccc21. The topological polar surface area (TPSA) is 118 Å². The highest BCUT2D eigenvalue weighted by Crippen LogP contribution is 2.35. The van der Waals surface area contributed by atoms with Crippen LogP contribution < -0.4 is 15.4 Å². The smallest absolute Gasteiger partial charge is 0.251 e. The van der Waals surface area contributed by atoms with Crippen LogP contribution in [-0.2, 0) is 6.54 Å². The average Bonchev–Trinajstić information content (AvgIpc) is 3.58. The van der Waals surface area contributed by atoms with Gasteiger partial charge < -0.3 is 34.5 Å². The molecule has 1 aliphatic rings. The van der Waals surface area contributed by atoms with Crippen molar-refractivity contribution in [1.29, 1.82) is 0 Å². The number of likely N-dealkylation sites (tertiary alicyclic amines) is 1. The van der Waals surface area contributed by atoms with E-state index in [4.69, 9.17) is 9.26 Å². The van der Waals surface area contributed by atoms with Gasteiger partial charge in [0.2, 0.25) is 11.7 Å². The lowest BCUT2D eigenvalue weighted by Crippen LogP contribution is -2.46. The normalized spacial score (nSPS) is 18.6. The Balaban J connectivity index is 1.41. The minimum absolute atomic E-state index is 0.00804. The van der Waals surface area contributed by atoms with Crippen molar-refractivity contribution in [2.45, 2.75) is 31.4 Å². The number of methoxy groups -OCH3 is 1. The molecule has 0 bridgehead atoms. The summed E-state index contributed by atoms with van der Waals surface area (Å²) in [7, 11) is 3.45. The van der Waals surface area contributed by atoms with Gasteiger partial charge in [0, 0.05) is 29.7 Å². The Morgan fingerprint density at radius 3 is 2.92 bits per heavy atom. The first kappa shape index (κ1) is 26.4. The molecule has 3 unspecified atom stereocenters. The van der Waals surface area contributed by atoms with Crippen molar-refractivity contribution >= 4 is 22.5 Å². The number of hydrogen-bond acceptors (Lipinski definition) is 8. The second-order valence-corrected chi connectivity index (χ2v) is 9.53. The third-order valence-electron chi connectivity index (χ3n) is 6.87. The number of nitrogens with zero attached hydrogens (tertiary/aromatic N) is 4. The second kappa shape index (κ2) is 11.3. The van der Waals surface area contributed by atoms with E-state index >= 15 is 0 Å². The number of carbonyl (C=O) groups excluding carboxylic acids is 1. The van der Waals surface area contributed by atoms with Crippen LogP contribution in [-0.4, -0.2) is 70.1 Å². The molecule has 1 saturated heterocycles. The fraction of sp³-hybridized carbons (Fsp3) is 0.321. The maximum Gasteiger partial charge on any atom is 0.251 e. The van der Waals surface area contributed by atoms with Gasteiger partial charge in [-0.1, -0.05) is 23.9 Å². The lowest BCUT2D eigenvalue weighted by atomic mass is 10.0. The summed E-state index contributed by atoms with van der Waals surface area (Å²) in [5, 5.41) is 21.8. The molecular weight excluding hydrogens is 503 g/mol. The molecule has 0 aliphatic carbocycles. The average molecular weight is 535 g/mol. The summed E-state index contributed by atoms with van der Waals surface area (Å²) < 4.78 is 27.0. The highest BCUT2D eigenvalue weighted by Gasteiger charge is 2.28. The standard InChI is InChI=1S/C28H31FN6O4/c1-4-26(36)35-23-10-6-9-21(31-22-11-12-34(2)16-20(22)29)19(23)14-24(35)27-32-25(39-33-27)15-30-28(37)17-7-5-8-18(13-17)38-3/h4-10,13-14,20,22,26,31,36H,1,11-12,15-16H2,2-3H3,(H,30,37). The molecule has 10 nitrogen and oxygen atoms in total. The van der Waals surface area contributed by atoms with Crippen LogP contribution in [0.15, 0.2) is 65.7 Å². The number of anilines is 1. The molecule has 0 spiro atoms. The van der Waals surface area contributed by atoms with E-state index in [9.17, 15) is 14.3 Å². The molecule has 1 fully saturated rings. The van der Waals surface area contributed by atoms with E-state index in [1.165, 1.54) is 13.2 Å². The Morgan fingerprint density at radius 2 is 2.15 bits per heavy atom. The van der Waals surface area contributed by atoms with Gasteiger partial charge in [-0.25, -0.2) is 4.39 Å².